The Hall–Kier alpha value is -2.39. The molecular weight excluding hydrogens is 518 g/mol. The summed E-state index contributed by atoms with van der Waals surface area (Å²) in [4.78, 5) is 28.0. The number of rotatable bonds is 9. The highest BCUT2D eigenvalue weighted by Gasteiger charge is 2.31. The van der Waals surface area contributed by atoms with Gasteiger partial charge >= 0.3 is 0 Å². The van der Waals surface area contributed by atoms with Crippen LogP contribution in [0.5, 0.6) is 0 Å². The van der Waals surface area contributed by atoms with Gasteiger partial charge in [0.2, 0.25) is 21.8 Å². The van der Waals surface area contributed by atoms with Crippen molar-refractivity contribution in [2.45, 2.75) is 58.2 Å². The fourth-order valence-corrected chi connectivity index (χ4v) is 5.20. The number of sulfonamides is 1. The van der Waals surface area contributed by atoms with E-state index in [-0.39, 0.29) is 25.0 Å². The second kappa shape index (κ2) is 11.4. The first kappa shape index (κ1) is 26.2. The van der Waals surface area contributed by atoms with Gasteiger partial charge in [0.25, 0.3) is 0 Å². The van der Waals surface area contributed by atoms with Crippen LogP contribution >= 0.6 is 15.9 Å². The first-order valence-corrected chi connectivity index (χ1v) is 14.1. The van der Waals surface area contributed by atoms with Gasteiger partial charge in [0.15, 0.2) is 0 Å². The number of benzene rings is 2. The van der Waals surface area contributed by atoms with Gasteiger partial charge in [-0.15, -0.1) is 0 Å². The lowest BCUT2D eigenvalue weighted by atomic mass is 10.1. The number of anilines is 1. The van der Waals surface area contributed by atoms with Crippen molar-refractivity contribution < 1.29 is 18.0 Å². The molecule has 2 amide bonds. The minimum atomic E-state index is -3.72. The molecule has 1 N–H and O–H groups in total. The van der Waals surface area contributed by atoms with Gasteiger partial charge in [-0.25, -0.2) is 8.42 Å². The molecule has 0 saturated heterocycles. The van der Waals surface area contributed by atoms with Gasteiger partial charge in [0.05, 0.1) is 11.9 Å². The lowest BCUT2D eigenvalue weighted by molar-refractivity contribution is -0.139. The highest BCUT2D eigenvalue weighted by molar-refractivity contribution is 9.10. The van der Waals surface area contributed by atoms with Gasteiger partial charge in [-0.05, 0) is 56.5 Å². The van der Waals surface area contributed by atoms with Gasteiger partial charge in [-0.2, -0.15) is 0 Å². The Morgan fingerprint density at radius 1 is 1.06 bits per heavy atom. The molecule has 2 aromatic rings. The third kappa shape index (κ3) is 7.06. The van der Waals surface area contributed by atoms with E-state index >= 15 is 0 Å². The highest BCUT2D eigenvalue weighted by atomic mass is 79.9. The molecule has 184 valence electrons. The standard InChI is InChI=1S/C25H32BrN3O4S/c1-18-8-14-23(15-9-18)29(34(3,32)33)17-24(30)28(16-20-10-12-21(26)13-11-20)19(2)25(31)27-22-6-4-5-7-22/h8-15,19,22H,4-7,16-17H2,1-3H3,(H,27,31)/t19-/m1/s1. The van der Waals surface area contributed by atoms with E-state index in [1.54, 1.807) is 31.2 Å². The number of aryl methyl sites for hydroxylation is 1. The number of hydrogen-bond acceptors (Lipinski definition) is 4. The van der Waals surface area contributed by atoms with Crippen LogP contribution in [0.4, 0.5) is 5.69 Å². The van der Waals surface area contributed by atoms with Crippen LogP contribution in [0.25, 0.3) is 0 Å². The summed E-state index contributed by atoms with van der Waals surface area (Å²) in [6.07, 6.45) is 5.12. The van der Waals surface area contributed by atoms with Gasteiger partial charge in [0.1, 0.15) is 12.6 Å². The van der Waals surface area contributed by atoms with Crippen LogP contribution in [-0.4, -0.2) is 50.0 Å². The molecule has 0 bridgehead atoms. The summed E-state index contributed by atoms with van der Waals surface area (Å²) >= 11 is 3.41. The lowest BCUT2D eigenvalue weighted by Gasteiger charge is -2.32. The van der Waals surface area contributed by atoms with Crippen molar-refractivity contribution in [2.24, 2.45) is 0 Å². The minimum Gasteiger partial charge on any atom is -0.352 e. The van der Waals surface area contributed by atoms with Crippen molar-refractivity contribution in [3.8, 4) is 0 Å². The third-order valence-electron chi connectivity index (χ3n) is 6.14. The molecule has 0 aliphatic heterocycles. The van der Waals surface area contributed by atoms with Gasteiger partial charge in [0, 0.05) is 17.1 Å². The molecular formula is C25H32BrN3O4S. The zero-order valence-electron chi connectivity index (χ0n) is 19.8. The second-order valence-electron chi connectivity index (χ2n) is 8.92. The predicted molar refractivity (Wildman–Crippen MR) is 138 cm³/mol. The first-order valence-electron chi connectivity index (χ1n) is 11.4. The number of carbonyl (C=O) groups is 2. The molecule has 0 spiro atoms. The van der Waals surface area contributed by atoms with Crippen molar-refractivity contribution in [2.75, 3.05) is 17.1 Å². The maximum absolute atomic E-state index is 13.5. The molecule has 0 heterocycles. The Bertz CT molecular complexity index is 1100. The Morgan fingerprint density at radius 2 is 1.65 bits per heavy atom. The van der Waals surface area contributed by atoms with Gasteiger partial charge in [-0.1, -0.05) is 58.6 Å². The van der Waals surface area contributed by atoms with E-state index in [2.05, 4.69) is 21.2 Å². The zero-order valence-corrected chi connectivity index (χ0v) is 22.2. The monoisotopic (exact) mass is 549 g/mol. The maximum atomic E-state index is 13.5. The lowest BCUT2D eigenvalue weighted by Crippen LogP contribution is -2.52. The average molecular weight is 551 g/mol. The predicted octanol–water partition coefficient (Wildman–Crippen LogP) is 4.00. The summed E-state index contributed by atoms with van der Waals surface area (Å²) in [6, 6.07) is 13.8. The van der Waals surface area contributed by atoms with Crippen LogP contribution in [-0.2, 0) is 26.2 Å². The number of hydrogen-bond donors (Lipinski definition) is 1. The normalized spacial score (nSPS) is 15.1. The van der Waals surface area contributed by atoms with Gasteiger partial charge in [-0.3, -0.25) is 13.9 Å². The van der Waals surface area contributed by atoms with Crippen molar-refractivity contribution in [3.63, 3.8) is 0 Å². The zero-order chi connectivity index (χ0) is 24.9. The van der Waals surface area contributed by atoms with Crippen LogP contribution in [0.1, 0.15) is 43.7 Å². The molecule has 1 aliphatic rings. The van der Waals surface area contributed by atoms with Crippen LogP contribution < -0.4 is 9.62 Å². The van der Waals surface area contributed by atoms with Crippen molar-refractivity contribution in [1.82, 2.24) is 10.2 Å². The molecule has 1 saturated carbocycles. The highest BCUT2D eigenvalue weighted by Crippen LogP contribution is 2.21. The van der Waals surface area contributed by atoms with Crippen LogP contribution in [0, 0.1) is 6.92 Å². The van der Waals surface area contributed by atoms with E-state index in [9.17, 15) is 18.0 Å². The molecule has 34 heavy (non-hydrogen) atoms. The molecule has 9 heteroatoms. The van der Waals surface area contributed by atoms with E-state index in [1.165, 1.54) is 4.90 Å². The maximum Gasteiger partial charge on any atom is 0.244 e. The van der Waals surface area contributed by atoms with E-state index < -0.39 is 22.0 Å². The number of amides is 2. The largest absolute Gasteiger partial charge is 0.352 e. The molecule has 0 unspecified atom stereocenters. The van der Waals surface area contributed by atoms with Crippen LogP contribution in [0.15, 0.2) is 53.0 Å². The number of carbonyl (C=O) groups excluding carboxylic acids is 2. The molecule has 3 rings (SSSR count). The molecule has 0 aromatic heterocycles. The van der Waals surface area contributed by atoms with E-state index in [4.69, 9.17) is 0 Å². The van der Waals surface area contributed by atoms with Crippen molar-refractivity contribution in [3.05, 3.63) is 64.1 Å². The Labute approximate surface area is 210 Å². The van der Waals surface area contributed by atoms with E-state index in [1.807, 2.05) is 31.2 Å². The van der Waals surface area contributed by atoms with E-state index in [0.717, 1.165) is 51.8 Å². The summed E-state index contributed by atoms with van der Waals surface area (Å²) in [5, 5.41) is 3.06. The van der Waals surface area contributed by atoms with Crippen LogP contribution in [0.2, 0.25) is 0 Å². The Morgan fingerprint density at radius 3 is 2.21 bits per heavy atom. The summed E-state index contributed by atoms with van der Waals surface area (Å²) in [5.41, 5.74) is 2.24. The molecule has 7 nitrogen and oxygen atoms in total. The summed E-state index contributed by atoms with van der Waals surface area (Å²) in [7, 11) is -3.72. The van der Waals surface area contributed by atoms with Crippen LogP contribution in [0.3, 0.4) is 0 Å². The number of halogens is 1. The number of nitrogens with one attached hydrogen (secondary N) is 1. The Balaban J connectivity index is 1.86. The summed E-state index contributed by atoms with van der Waals surface area (Å²) in [6.45, 7) is 3.40. The van der Waals surface area contributed by atoms with Crippen molar-refractivity contribution in [1.29, 1.82) is 0 Å². The first-order chi connectivity index (χ1) is 16.0. The van der Waals surface area contributed by atoms with E-state index in [0.29, 0.717) is 5.69 Å². The molecule has 1 atom stereocenters. The van der Waals surface area contributed by atoms with Crippen molar-refractivity contribution >= 4 is 43.5 Å². The topological polar surface area (TPSA) is 86.8 Å². The fraction of sp³-hybridized carbons (Fsp3) is 0.440. The molecule has 0 radical (unpaired) electrons. The number of nitrogens with zero attached hydrogens (tertiary/aromatic N) is 2. The molecule has 1 aliphatic carbocycles. The molecule has 1 fully saturated rings. The third-order valence-corrected chi connectivity index (χ3v) is 7.81. The molecule has 2 aromatic carbocycles. The SMILES string of the molecule is Cc1ccc(N(CC(=O)N(Cc2ccc(Br)cc2)[C@H](C)C(=O)NC2CCCC2)S(C)(=O)=O)cc1. The smallest absolute Gasteiger partial charge is 0.244 e. The fourth-order valence-electron chi connectivity index (χ4n) is 4.09. The van der Waals surface area contributed by atoms with Gasteiger partial charge < -0.3 is 10.2 Å². The summed E-state index contributed by atoms with van der Waals surface area (Å²) < 4.78 is 27.1. The average Bonchev–Trinajstić information content (AvgIpc) is 3.29. The second-order valence-corrected chi connectivity index (χ2v) is 11.7. The minimum absolute atomic E-state index is 0.125. The summed E-state index contributed by atoms with van der Waals surface area (Å²) in [5.74, 6) is -0.665. The quantitative estimate of drug-likeness (QED) is 0.512. The Kier molecular flexibility index (Phi) is 8.76.